The van der Waals surface area contributed by atoms with Crippen LogP contribution in [0.1, 0.15) is 46.0 Å². The van der Waals surface area contributed by atoms with E-state index in [4.69, 9.17) is 5.21 Å². The van der Waals surface area contributed by atoms with Gasteiger partial charge in [-0.05, 0) is 23.5 Å². The van der Waals surface area contributed by atoms with Gasteiger partial charge >= 0.3 is 0 Å². The van der Waals surface area contributed by atoms with Crippen molar-refractivity contribution in [2.75, 3.05) is 5.75 Å². The van der Waals surface area contributed by atoms with Gasteiger partial charge in [-0.3, -0.25) is 5.21 Å². The molecule has 0 saturated heterocycles. The second-order valence-corrected chi connectivity index (χ2v) is 8.01. The maximum atomic E-state index is 12.4. The van der Waals surface area contributed by atoms with Crippen molar-refractivity contribution < 1.29 is 13.6 Å². The number of hydrogen-bond donors (Lipinski definition) is 1. The zero-order valence-electron chi connectivity index (χ0n) is 10.9. The third kappa shape index (κ3) is 3.90. The molecule has 6 heteroatoms. The Kier molecular flexibility index (Phi) is 6.52. The second kappa shape index (κ2) is 7.40. The zero-order valence-corrected chi connectivity index (χ0v) is 12.6. The van der Waals surface area contributed by atoms with Crippen LogP contribution in [-0.2, 0) is 20.5 Å². The monoisotopic (exact) mass is 291 g/mol. The third-order valence-corrected chi connectivity index (χ3v) is 6.47. The maximum absolute atomic E-state index is 12.4. The minimum atomic E-state index is -3.29. The lowest BCUT2D eigenvalue weighted by Gasteiger charge is -2.17. The summed E-state index contributed by atoms with van der Waals surface area (Å²) in [6, 6.07) is 0. The van der Waals surface area contributed by atoms with Gasteiger partial charge in [0, 0.05) is 5.75 Å². The van der Waals surface area contributed by atoms with Gasteiger partial charge in [0.25, 0.3) is 0 Å². The molecule has 0 saturated carbocycles. The van der Waals surface area contributed by atoms with Crippen LogP contribution in [-0.4, -0.2) is 24.6 Å². The number of hydrogen-bond acceptors (Lipinski definition) is 3. The topological polar surface area (TPSA) is 66.7 Å². The SMILES string of the molecule is CCCCC(CCC)S(=O)(=O)C1=CCS(=NO)[C]1. The van der Waals surface area contributed by atoms with E-state index < -0.39 is 20.5 Å². The first-order chi connectivity index (χ1) is 8.56. The van der Waals surface area contributed by atoms with Crippen LogP contribution in [0.2, 0.25) is 0 Å². The molecule has 0 aliphatic carbocycles. The average molecular weight is 291 g/mol. The Bertz CT molecular complexity index is 427. The van der Waals surface area contributed by atoms with Gasteiger partial charge in [0.2, 0.25) is 0 Å². The van der Waals surface area contributed by atoms with Crippen LogP contribution in [0, 0.1) is 5.75 Å². The lowest BCUT2D eigenvalue weighted by molar-refractivity contribution is 0.329. The summed E-state index contributed by atoms with van der Waals surface area (Å²) in [6.45, 7) is 4.06. The number of rotatable bonds is 7. The standard InChI is InChI=1S/C12H21NO3S2/c1-3-5-7-11(6-4-2)18(15,16)12-8-9-17(10-12)13-14/h8,11,14H,3-7,9H2,1-2H3. The molecule has 104 valence electrons. The first kappa shape index (κ1) is 15.9. The normalized spacial score (nSPS) is 22.2. The van der Waals surface area contributed by atoms with Crippen molar-refractivity contribution in [3.63, 3.8) is 0 Å². The Morgan fingerprint density at radius 2 is 2.17 bits per heavy atom. The molecule has 0 amide bonds. The van der Waals surface area contributed by atoms with Crippen LogP contribution in [0.4, 0.5) is 0 Å². The Balaban J connectivity index is 2.82. The molecule has 0 fully saturated rings. The highest BCUT2D eigenvalue weighted by atomic mass is 32.2. The average Bonchev–Trinajstić information content (AvgIpc) is 2.83. The van der Waals surface area contributed by atoms with Crippen molar-refractivity contribution in [3.05, 3.63) is 16.7 Å². The van der Waals surface area contributed by atoms with E-state index in [-0.39, 0.29) is 10.2 Å². The van der Waals surface area contributed by atoms with Gasteiger partial charge in [0.05, 0.1) is 10.2 Å². The van der Waals surface area contributed by atoms with Crippen LogP contribution < -0.4 is 0 Å². The number of nitrogens with zero attached hydrogens (tertiary/aromatic N) is 1. The molecule has 0 aromatic heterocycles. The molecule has 4 nitrogen and oxygen atoms in total. The predicted octanol–water partition coefficient (Wildman–Crippen LogP) is 2.89. The fourth-order valence-electron chi connectivity index (χ4n) is 1.97. The van der Waals surface area contributed by atoms with E-state index in [0.717, 1.165) is 19.3 Å². The minimum absolute atomic E-state index is 0.248. The second-order valence-electron chi connectivity index (χ2n) is 4.38. The highest BCUT2D eigenvalue weighted by Gasteiger charge is 2.31. The van der Waals surface area contributed by atoms with Crippen LogP contribution in [0.15, 0.2) is 15.5 Å². The molecular weight excluding hydrogens is 270 g/mol. The summed E-state index contributed by atoms with van der Waals surface area (Å²) in [6.07, 6.45) is 5.80. The van der Waals surface area contributed by atoms with Crippen LogP contribution in [0.25, 0.3) is 0 Å². The lowest BCUT2D eigenvalue weighted by atomic mass is 10.1. The number of sulfone groups is 1. The van der Waals surface area contributed by atoms with Gasteiger partial charge in [0.15, 0.2) is 9.84 Å². The van der Waals surface area contributed by atoms with Gasteiger partial charge in [-0.15, -0.1) is 4.53 Å². The van der Waals surface area contributed by atoms with Crippen molar-refractivity contribution >= 4 is 20.5 Å². The fourth-order valence-corrected chi connectivity index (χ4v) is 5.36. The van der Waals surface area contributed by atoms with E-state index in [0.29, 0.717) is 18.6 Å². The van der Waals surface area contributed by atoms with Crippen LogP contribution >= 0.6 is 0 Å². The molecule has 0 aromatic carbocycles. The molecule has 0 bridgehead atoms. The van der Waals surface area contributed by atoms with Crippen molar-refractivity contribution in [3.8, 4) is 0 Å². The van der Waals surface area contributed by atoms with Gasteiger partial charge in [0.1, 0.15) is 5.75 Å². The van der Waals surface area contributed by atoms with E-state index in [1.807, 2.05) is 6.92 Å². The third-order valence-electron chi connectivity index (χ3n) is 2.98. The number of unbranched alkanes of at least 4 members (excludes halogenated alkanes) is 1. The molecule has 0 spiro atoms. The van der Waals surface area contributed by atoms with Gasteiger partial charge in [-0.1, -0.05) is 39.2 Å². The summed E-state index contributed by atoms with van der Waals surface area (Å²) in [5.74, 6) is 3.24. The van der Waals surface area contributed by atoms with Gasteiger partial charge < -0.3 is 0 Å². The molecule has 18 heavy (non-hydrogen) atoms. The molecule has 2 atom stereocenters. The van der Waals surface area contributed by atoms with E-state index in [1.165, 1.54) is 0 Å². The van der Waals surface area contributed by atoms with E-state index in [2.05, 4.69) is 17.2 Å². The molecule has 1 rings (SSSR count). The first-order valence-corrected chi connectivity index (χ1v) is 9.22. The summed E-state index contributed by atoms with van der Waals surface area (Å²) < 4.78 is 28.0. The summed E-state index contributed by atoms with van der Waals surface area (Å²) in [5.41, 5.74) is 0. The van der Waals surface area contributed by atoms with Crippen LogP contribution in [0.3, 0.4) is 0 Å². The van der Waals surface area contributed by atoms with Crippen molar-refractivity contribution in [2.24, 2.45) is 4.53 Å². The molecule has 1 N–H and O–H groups in total. The quantitative estimate of drug-likeness (QED) is 0.733. The van der Waals surface area contributed by atoms with E-state index in [1.54, 1.807) is 6.08 Å². The Morgan fingerprint density at radius 3 is 2.67 bits per heavy atom. The minimum Gasteiger partial charge on any atom is -0.262 e. The van der Waals surface area contributed by atoms with E-state index in [9.17, 15) is 8.42 Å². The summed E-state index contributed by atoms with van der Waals surface area (Å²) in [5, 5.41) is 8.36. The summed E-state index contributed by atoms with van der Waals surface area (Å²) >= 11 is 0. The molecule has 1 aliphatic heterocycles. The zero-order chi connectivity index (χ0) is 13.6. The van der Waals surface area contributed by atoms with Gasteiger partial charge in [-0.2, -0.15) is 0 Å². The first-order valence-electron chi connectivity index (χ1n) is 6.33. The molecule has 1 aliphatic rings. The molecular formula is C12H21NO3S2. The van der Waals surface area contributed by atoms with Crippen molar-refractivity contribution in [1.29, 1.82) is 0 Å². The van der Waals surface area contributed by atoms with Crippen molar-refractivity contribution in [2.45, 2.75) is 51.2 Å². The molecule has 2 radical (unpaired) electrons. The Labute approximate surface area is 112 Å². The molecule has 1 heterocycles. The highest BCUT2D eigenvalue weighted by molar-refractivity contribution is 7.99. The largest absolute Gasteiger partial charge is 0.262 e. The van der Waals surface area contributed by atoms with E-state index >= 15 is 0 Å². The molecule has 0 aromatic rings. The van der Waals surface area contributed by atoms with Crippen LogP contribution in [0.5, 0.6) is 0 Å². The Hall–Kier alpha value is -0.200. The Morgan fingerprint density at radius 1 is 1.44 bits per heavy atom. The summed E-state index contributed by atoms with van der Waals surface area (Å²) in [4.78, 5) is 0.248. The highest BCUT2D eigenvalue weighted by Crippen LogP contribution is 2.28. The molecule has 2 unspecified atom stereocenters. The van der Waals surface area contributed by atoms with Crippen molar-refractivity contribution in [1.82, 2.24) is 0 Å². The van der Waals surface area contributed by atoms with Gasteiger partial charge in [-0.25, -0.2) is 8.42 Å². The fraction of sp³-hybridized carbons (Fsp3) is 0.750. The lowest BCUT2D eigenvalue weighted by Crippen LogP contribution is -2.22. The smallest absolute Gasteiger partial charge is 0.178 e. The summed E-state index contributed by atoms with van der Waals surface area (Å²) in [7, 11) is -4.07. The predicted molar refractivity (Wildman–Crippen MR) is 74.9 cm³/mol. The maximum Gasteiger partial charge on any atom is 0.178 e.